The second-order valence-electron chi connectivity index (χ2n) is 3.90. The highest BCUT2D eigenvalue weighted by Crippen LogP contribution is 2.29. The largest absolute Gasteiger partial charge is 0.495 e. The first-order valence-corrected chi connectivity index (χ1v) is 7.18. The van der Waals surface area contributed by atoms with E-state index >= 15 is 0 Å². The third-order valence-electron chi connectivity index (χ3n) is 2.74. The molecule has 0 radical (unpaired) electrons. The fourth-order valence-electron chi connectivity index (χ4n) is 1.39. The maximum atomic E-state index is 12.4. The number of methoxy groups -OCH3 is 1. The molecule has 0 aliphatic carbocycles. The van der Waals surface area contributed by atoms with Crippen molar-refractivity contribution in [2.24, 2.45) is 5.73 Å². The van der Waals surface area contributed by atoms with E-state index in [0.29, 0.717) is 5.02 Å². The quantitative estimate of drug-likeness (QED) is 0.893. The number of nitrogens with zero attached hydrogens (tertiary/aromatic N) is 1. The molecule has 0 aliphatic rings. The van der Waals surface area contributed by atoms with Crippen molar-refractivity contribution in [3.05, 3.63) is 23.2 Å². The Kier molecular flexibility index (Phi) is 7.10. The Labute approximate surface area is 125 Å². The maximum absolute atomic E-state index is 12.4. The van der Waals surface area contributed by atoms with Crippen LogP contribution in [-0.4, -0.2) is 39.5 Å². The molecular weight excluding hydrogens is 311 g/mol. The number of likely N-dealkylation sites (N-methyl/N-ethyl adjacent to an activating group) is 1. The molecule has 0 bridgehead atoms. The van der Waals surface area contributed by atoms with Gasteiger partial charge in [-0.15, -0.1) is 12.4 Å². The van der Waals surface area contributed by atoms with Crippen molar-refractivity contribution in [3.63, 3.8) is 0 Å². The molecule has 19 heavy (non-hydrogen) atoms. The van der Waals surface area contributed by atoms with Crippen molar-refractivity contribution < 1.29 is 13.2 Å². The summed E-state index contributed by atoms with van der Waals surface area (Å²) in [4.78, 5) is 0.0419. The molecule has 110 valence electrons. The first-order valence-electron chi connectivity index (χ1n) is 5.36. The molecule has 8 heteroatoms. The number of benzene rings is 1. The molecule has 0 saturated heterocycles. The third-order valence-corrected chi connectivity index (χ3v) is 4.97. The van der Waals surface area contributed by atoms with Gasteiger partial charge in [-0.2, -0.15) is 4.31 Å². The van der Waals surface area contributed by atoms with Gasteiger partial charge in [0.25, 0.3) is 0 Å². The molecule has 1 rings (SSSR count). The van der Waals surface area contributed by atoms with Crippen LogP contribution < -0.4 is 10.5 Å². The lowest BCUT2D eigenvalue weighted by Gasteiger charge is -2.24. The lowest BCUT2D eigenvalue weighted by atomic mass is 10.3. The summed E-state index contributed by atoms with van der Waals surface area (Å²) in [6.07, 6.45) is 0. The predicted molar refractivity (Wildman–Crippen MR) is 78.7 cm³/mol. The number of nitrogens with two attached hydrogens (primary N) is 1. The lowest BCUT2D eigenvalue weighted by molar-refractivity contribution is 0.380. The SMILES string of the molecule is COc1ccc(Cl)cc1S(=O)(=O)N(C)C(C)CN.Cl. The van der Waals surface area contributed by atoms with Crippen LogP contribution >= 0.6 is 24.0 Å². The first kappa shape index (κ1) is 18.5. The molecule has 0 spiro atoms. The molecule has 0 heterocycles. The summed E-state index contributed by atoms with van der Waals surface area (Å²) in [5.41, 5.74) is 5.48. The third kappa shape index (κ3) is 3.97. The normalized spacial score (nSPS) is 12.9. The summed E-state index contributed by atoms with van der Waals surface area (Å²) in [6.45, 7) is 1.97. The fraction of sp³-hybridized carbons (Fsp3) is 0.455. The molecule has 0 aromatic heterocycles. The molecule has 0 saturated carbocycles. The fourth-order valence-corrected chi connectivity index (χ4v) is 3.18. The zero-order valence-corrected chi connectivity index (χ0v) is 13.3. The zero-order chi connectivity index (χ0) is 13.9. The molecule has 1 aromatic carbocycles. The molecule has 1 atom stereocenters. The van der Waals surface area contributed by atoms with Gasteiger partial charge in [0, 0.05) is 24.7 Å². The Morgan fingerprint density at radius 2 is 2.05 bits per heavy atom. The van der Waals surface area contributed by atoms with Gasteiger partial charge >= 0.3 is 0 Å². The van der Waals surface area contributed by atoms with Crippen LogP contribution in [0.25, 0.3) is 0 Å². The first-order chi connectivity index (χ1) is 8.34. The molecular formula is C11H18Cl2N2O3S. The number of hydrogen-bond acceptors (Lipinski definition) is 4. The molecule has 0 aliphatic heterocycles. The van der Waals surface area contributed by atoms with Gasteiger partial charge in [-0.05, 0) is 25.1 Å². The van der Waals surface area contributed by atoms with Gasteiger partial charge in [0.15, 0.2) is 0 Å². The number of sulfonamides is 1. The maximum Gasteiger partial charge on any atom is 0.246 e. The smallest absolute Gasteiger partial charge is 0.246 e. The van der Waals surface area contributed by atoms with Crippen LogP contribution in [0, 0.1) is 0 Å². The van der Waals surface area contributed by atoms with Gasteiger partial charge in [-0.1, -0.05) is 11.6 Å². The van der Waals surface area contributed by atoms with E-state index in [1.165, 1.54) is 30.6 Å². The van der Waals surface area contributed by atoms with Crippen LogP contribution in [0.2, 0.25) is 5.02 Å². The standard InChI is InChI=1S/C11H17ClN2O3S.ClH/c1-8(7-13)14(2)18(15,16)11-6-9(12)4-5-10(11)17-3;/h4-6,8H,7,13H2,1-3H3;1H. The van der Waals surface area contributed by atoms with E-state index in [-0.39, 0.29) is 35.6 Å². The van der Waals surface area contributed by atoms with Crippen LogP contribution in [0.1, 0.15) is 6.92 Å². The van der Waals surface area contributed by atoms with Crippen LogP contribution in [0.3, 0.4) is 0 Å². The van der Waals surface area contributed by atoms with Crippen molar-refractivity contribution in [1.29, 1.82) is 0 Å². The van der Waals surface area contributed by atoms with Crippen molar-refractivity contribution in [3.8, 4) is 5.75 Å². The summed E-state index contributed by atoms with van der Waals surface area (Å²) < 4.78 is 31.1. The average Bonchev–Trinajstić information content (AvgIpc) is 2.36. The summed E-state index contributed by atoms with van der Waals surface area (Å²) in [5, 5.41) is 0.336. The van der Waals surface area contributed by atoms with Crippen molar-refractivity contribution in [1.82, 2.24) is 4.31 Å². The van der Waals surface area contributed by atoms with E-state index in [2.05, 4.69) is 0 Å². The minimum atomic E-state index is -3.67. The Morgan fingerprint density at radius 3 is 2.53 bits per heavy atom. The Hall–Kier alpha value is -0.530. The minimum Gasteiger partial charge on any atom is -0.495 e. The molecule has 1 aromatic rings. The van der Waals surface area contributed by atoms with Gasteiger partial charge in [0.1, 0.15) is 10.6 Å². The number of halogens is 2. The monoisotopic (exact) mass is 328 g/mol. The highest BCUT2D eigenvalue weighted by atomic mass is 35.5. The summed E-state index contributed by atoms with van der Waals surface area (Å²) >= 11 is 5.83. The topological polar surface area (TPSA) is 72.6 Å². The second kappa shape index (κ2) is 7.31. The van der Waals surface area contributed by atoms with Gasteiger partial charge in [0.05, 0.1) is 7.11 Å². The van der Waals surface area contributed by atoms with Crippen LogP contribution in [0.5, 0.6) is 5.75 Å². The Bertz CT molecular complexity index is 523. The van der Waals surface area contributed by atoms with Gasteiger partial charge < -0.3 is 10.5 Å². The average molecular weight is 329 g/mol. The van der Waals surface area contributed by atoms with Crippen molar-refractivity contribution in [2.75, 3.05) is 20.7 Å². The summed E-state index contributed by atoms with van der Waals surface area (Å²) in [7, 11) is -0.781. The van der Waals surface area contributed by atoms with E-state index in [4.69, 9.17) is 22.1 Å². The summed E-state index contributed by atoms with van der Waals surface area (Å²) in [6, 6.07) is 4.16. The van der Waals surface area contributed by atoms with Crippen molar-refractivity contribution in [2.45, 2.75) is 17.9 Å². The van der Waals surface area contributed by atoms with E-state index in [9.17, 15) is 8.42 Å². The summed E-state index contributed by atoms with van der Waals surface area (Å²) in [5.74, 6) is 0.260. The Morgan fingerprint density at radius 1 is 1.47 bits per heavy atom. The minimum absolute atomic E-state index is 0. The predicted octanol–water partition coefficient (Wildman–Crippen LogP) is 1.74. The highest BCUT2D eigenvalue weighted by molar-refractivity contribution is 7.89. The zero-order valence-electron chi connectivity index (χ0n) is 11.0. The molecule has 0 fully saturated rings. The number of ether oxygens (including phenoxy) is 1. The lowest BCUT2D eigenvalue weighted by Crippen LogP contribution is -2.39. The molecule has 5 nitrogen and oxygen atoms in total. The molecule has 1 unspecified atom stereocenters. The Balaban J connectivity index is 0.00000324. The van der Waals surface area contributed by atoms with Crippen LogP contribution in [-0.2, 0) is 10.0 Å². The van der Waals surface area contributed by atoms with Crippen molar-refractivity contribution >= 4 is 34.0 Å². The van der Waals surface area contributed by atoms with Crippen LogP contribution in [0.4, 0.5) is 0 Å². The van der Waals surface area contributed by atoms with Crippen LogP contribution in [0.15, 0.2) is 23.1 Å². The van der Waals surface area contributed by atoms with Gasteiger partial charge in [-0.3, -0.25) is 0 Å². The van der Waals surface area contributed by atoms with E-state index in [1.807, 2.05) is 0 Å². The second-order valence-corrected chi connectivity index (χ2v) is 6.30. The van der Waals surface area contributed by atoms with E-state index < -0.39 is 10.0 Å². The number of rotatable bonds is 5. The van der Waals surface area contributed by atoms with E-state index in [0.717, 1.165) is 0 Å². The molecule has 0 amide bonds. The van der Waals surface area contributed by atoms with E-state index in [1.54, 1.807) is 13.0 Å². The van der Waals surface area contributed by atoms with Gasteiger partial charge in [-0.25, -0.2) is 8.42 Å². The highest BCUT2D eigenvalue weighted by Gasteiger charge is 2.28. The van der Waals surface area contributed by atoms with Gasteiger partial charge in [0.2, 0.25) is 10.0 Å². The molecule has 2 N–H and O–H groups in total. The number of hydrogen-bond donors (Lipinski definition) is 1.